The van der Waals surface area contributed by atoms with Crippen LogP contribution in [-0.4, -0.2) is 18.1 Å². The topological polar surface area (TPSA) is 65.8 Å². The molecular formula is C17H14N4O. The van der Waals surface area contributed by atoms with E-state index in [9.17, 15) is 4.79 Å². The predicted molar refractivity (Wildman–Crippen MR) is 87.2 cm³/mol. The first-order valence-corrected chi connectivity index (χ1v) is 6.82. The highest BCUT2D eigenvalue weighted by Gasteiger charge is 2.19. The van der Waals surface area contributed by atoms with E-state index < -0.39 is 0 Å². The minimum Gasteiger partial charge on any atom is -0.289 e. The second kappa shape index (κ2) is 6.49. The molecule has 2 aromatic rings. The summed E-state index contributed by atoms with van der Waals surface area (Å²) in [6.07, 6.45) is 3.39. The Balaban J connectivity index is 1.68. The number of carbonyl (C=O) groups excluding carboxylic acids is 1. The van der Waals surface area contributed by atoms with Gasteiger partial charge in [-0.3, -0.25) is 10.1 Å². The number of hydrogen-bond acceptors (Lipinski definition) is 4. The molecule has 2 N–H and O–H groups in total. The van der Waals surface area contributed by atoms with E-state index in [0.717, 1.165) is 11.1 Å². The Hall–Kier alpha value is -3.21. The van der Waals surface area contributed by atoms with Gasteiger partial charge in [-0.2, -0.15) is 5.10 Å². The Labute approximate surface area is 128 Å². The van der Waals surface area contributed by atoms with Gasteiger partial charge >= 0.3 is 0 Å². The molecule has 0 unspecified atom stereocenters. The Morgan fingerprint density at radius 3 is 2.27 bits per heavy atom. The first-order valence-electron chi connectivity index (χ1n) is 6.82. The number of carbonyl (C=O) groups is 1. The molecule has 3 rings (SSSR count). The van der Waals surface area contributed by atoms with Gasteiger partial charge in [-0.25, -0.2) is 10.4 Å². The van der Waals surface area contributed by atoms with E-state index in [1.807, 2.05) is 60.7 Å². The smallest absolute Gasteiger partial charge is 0.276 e. The summed E-state index contributed by atoms with van der Waals surface area (Å²) in [5.74, 6) is 0.0700. The molecule has 1 aliphatic heterocycles. The van der Waals surface area contributed by atoms with Crippen molar-refractivity contribution in [3.63, 3.8) is 0 Å². The van der Waals surface area contributed by atoms with Gasteiger partial charge < -0.3 is 0 Å². The molecule has 22 heavy (non-hydrogen) atoms. The molecule has 0 fully saturated rings. The van der Waals surface area contributed by atoms with Gasteiger partial charge in [0.1, 0.15) is 5.70 Å². The molecule has 1 heterocycles. The predicted octanol–water partition coefficient (Wildman–Crippen LogP) is 2.14. The Morgan fingerprint density at radius 2 is 1.59 bits per heavy atom. The Morgan fingerprint density at radius 1 is 0.955 bits per heavy atom. The second-order valence-electron chi connectivity index (χ2n) is 4.64. The molecule has 0 saturated carbocycles. The summed E-state index contributed by atoms with van der Waals surface area (Å²) < 4.78 is 0. The zero-order chi connectivity index (χ0) is 15.2. The van der Waals surface area contributed by atoms with Gasteiger partial charge in [0.15, 0.2) is 0 Å². The van der Waals surface area contributed by atoms with Crippen LogP contribution in [0, 0.1) is 0 Å². The molecule has 0 spiro atoms. The van der Waals surface area contributed by atoms with E-state index in [1.54, 1.807) is 12.3 Å². The van der Waals surface area contributed by atoms with Gasteiger partial charge in [-0.1, -0.05) is 60.7 Å². The number of nitrogens with zero attached hydrogens (tertiary/aromatic N) is 2. The average Bonchev–Trinajstić information content (AvgIpc) is 2.89. The van der Waals surface area contributed by atoms with Crippen LogP contribution in [0.25, 0.3) is 6.08 Å². The van der Waals surface area contributed by atoms with Crippen LogP contribution >= 0.6 is 0 Å². The quantitative estimate of drug-likeness (QED) is 0.517. The van der Waals surface area contributed by atoms with Crippen molar-refractivity contribution in [2.75, 3.05) is 0 Å². The van der Waals surface area contributed by atoms with Crippen molar-refractivity contribution in [3.8, 4) is 0 Å². The lowest BCUT2D eigenvalue weighted by atomic mass is 10.2. The number of rotatable bonds is 3. The van der Waals surface area contributed by atoms with E-state index in [1.165, 1.54) is 0 Å². The highest BCUT2D eigenvalue weighted by Crippen LogP contribution is 2.11. The minimum absolute atomic E-state index is 0.249. The molecule has 2 aromatic carbocycles. The number of hydrogen-bond donors (Lipinski definition) is 2. The van der Waals surface area contributed by atoms with Crippen LogP contribution in [0.2, 0.25) is 0 Å². The number of guanidine groups is 1. The Bertz CT molecular complexity index is 749. The first-order chi connectivity index (χ1) is 10.8. The van der Waals surface area contributed by atoms with Gasteiger partial charge in [0.2, 0.25) is 5.96 Å². The summed E-state index contributed by atoms with van der Waals surface area (Å²) in [7, 11) is 0. The van der Waals surface area contributed by atoms with Gasteiger partial charge in [-0.15, -0.1) is 0 Å². The van der Waals surface area contributed by atoms with Crippen LogP contribution in [0.5, 0.6) is 0 Å². The monoisotopic (exact) mass is 290 g/mol. The Kier molecular flexibility index (Phi) is 4.06. The van der Waals surface area contributed by atoms with E-state index in [2.05, 4.69) is 20.8 Å². The molecule has 5 nitrogen and oxygen atoms in total. The normalized spacial score (nSPS) is 15.9. The van der Waals surface area contributed by atoms with Crippen molar-refractivity contribution in [1.82, 2.24) is 10.7 Å². The number of amides is 1. The van der Waals surface area contributed by atoms with Crippen LogP contribution in [0.4, 0.5) is 0 Å². The minimum atomic E-state index is -0.249. The maximum atomic E-state index is 11.8. The standard InChI is InChI=1S/C17H14N4O/c22-16-15(11-13-7-3-1-4-8-13)19-17(20-16)21-18-12-14-9-5-2-6-10-14/h1-12H,(H2,19,20,21,22)/b15-11+,18-12?. The van der Waals surface area contributed by atoms with Crippen molar-refractivity contribution in [1.29, 1.82) is 0 Å². The molecule has 0 saturated heterocycles. The highest BCUT2D eigenvalue weighted by atomic mass is 16.2. The third-order valence-electron chi connectivity index (χ3n) is 2.98. The lowest BCUT2D eigenvalue weighted by molar-refractivity contribution is -0.115. The summed E-state index contributed by atoms with van der Waals surface area (Å²) in [5, 5.41) is 6.68. The lowest BCUT2D eigenvalue weighted by Gasteiger charge is -1.97. The van der Waals surface area contributed by atoms with Crippen LogP contribution in [0.15, 0.2) is 76.5 Å². The zero-order valence-electron chi connectivity index (χ0n) is 11.7. The molecule has 1 aliphatic rings. The molecule has 1 amide bonds. The summed E-state index contributed by atoms with van der Waals surface area (Å²) in [4.78, 5) is 16.0. The van der Waals surface area contributed by atoms with Crippen LogP contribution in [0.1, 0.15) is 11.1 Å². The number of benzene rings is 2. The molecule has 0 radical (unpaired) electrons. The van der Waals surface area contributed by atoms with Gasteiger partial charge in [0.25, 0.3) is 5.91 Å². The van der Waals surface area contributed by atoms with Gasteiger partial charge in [0.05, 0.1) is 6.21 Å². The van der Waals surface area contributed by atoms with Crippen molar-refractivity contribution in [2.24, 2.45) is 10.1 Å². The molecule has 0 atom stereocenters. The molecule has 108 valence electrons. The number of nitrogens with one attached hydrogen (secondary N) is 2. The maximum absolute atomic E-state index is 11.8. The van der Waals surface area contributed by atoms with E-state index in [-0.39, 0.29) is 5.91 Å². The number of aliphatic imine (C=N–C) groups is 1. The molecular weight excluding hydrogens is 276 g/mol. The first kappa shape index (κ1) is 13.8. The van der Waals surface area contributed by atoms with Crippen molar-refractivity contribution in [2.45, 2.75) is 0 Å². The maximum Gasteiger partial charge on any atom is 0.276 e. The van der Waals surface area contributed by atoms with E-state index in [4.69, 9.17) is 0 Å². The largest absolute Gasteiger partial charge is 0.289 e. The molecule has 0 aliphatic carbocycles. The second-order valence-corrected chi connectivity index (χ2v) is 4.64. The fourth-order valence-electron chi connectivity index (χ4n) is 1.94. The van der Waals surface area contributed by atoms with Crippen LogP contribution in [0.3, 0.4) is 0 Å². The lowest BCUT2D eigenvalue weighted by Crippen LogP contribution is -2.33. The number of hydrazone groups is 1. The summed E-state index contributed by atoms with van der Waals surface area (Å²) >= 11 is 0. The van der Waals surface area contributed by atoms with Crippen LogP contribution in [-0.2, 0) is 4.79 Å². The molecule has 0 bridgehead atoms. The SMILES string of the molecule is O=C1NC(NN=Cc2ccccc2)=N/C1=C/c1ccccc1. The summed E-state index contributed by atoms with van der Waals surface area (Å²) in [6.45, 7) is 0. The van der Waals surface area contributed by atoms with Crippen molar-refractivity contribution >= 4 is 24.2 Å². The van der Waals surface area contributed by atoms with Crippen molar-refractivity contribution < 1.29 is 4.79 Å². The average molecular weight is 290 g/mol. The zero-order valence-corrected chi connectivity index (χ0v) is 11.7. The summed E-state index contributed by atoms with van der Waals surface area (Å²) in [5.41, 5.74) is 4.95. The molecule has 5 heteroatoms. The third-order valence-corrected chi connectivity index (χ3v) is 2.98. The fourth-order valence-corrected chi connectivity index (χ4v) is 1.94. The molecule has 0 aromatic heterocycles. The highest BCUT2D eigenvalue weighted by molar-refractivity contribution is 6.13. The summed E-state index contributed by atoms with van der Waals surface area (Å²) in [6, 6.07) is 19.2. The van der Waals surface area contributed by atoms with Crippen molar-refractivity contribution in [3.05, 3.63) is 77.5 Å². The van der Waals surface area contributed by atoms with E-state index in [0.29, 0.717) is 11.7 Å². The third kappa shape index (κ3) is 3.46. The van der Waals surface area contributed by atoms with E-state index >= 15 is 0 Å². The fraction of sp³-hybridized carbons (Fsp3) is 0. The van der Waals surface area contributed by atoms with Gasteiger partial charge in [-0.05, 0) is 17.2 Å². The van der Waals surface area contributed by atoms with Gasteiger partial charge in [0, 0.05) is 0 Å². The van der Waals surface area contributed by atoms with Crippen LogP contribution < -0.4 is 10.7 Å².